The molecule has 0 aromatic carbocycles. The Morgan fingerprint density at radius 1 is 1.59 bits per heavy atom. The van der Waals surface area contributed by atoms with Gasteiger partial charge in [0.1, 0.15) is 0 Å². The number of amides is 2. The summed E-state index contributed by atoms with van der Waals surface area (Å²) in [5.41, 5.74) is 0. The lowest BCUT2D eigenvalue weighted by atomic mass is 10.1. The molecule has 1 atom stereocenters. The summed E-state index contributed by atoms with van der Waals surface area (Å²) in [5.74, 6) is -0.257. The van der Waals surface area contributed by atoms with Gasteiger partial charge in [0.2, 0.25) is 11.8 Å². The minimum atomic E-state index is -0.217. The van der Waals surface area contributed by atoms with Crippen molar-refractivity contribution in [1.29, 1.82) is 0 Å². The highest BCUT2D eigenvalue weighted by Gasteiger charge is 2.31. The number of aliphatic hydroxyl groups excluding tert-OH is 1. The van der Waals surface area contributed by atoms with Crippen LogP contribution in [0.3, 0.4) is 0 Å². The third kappa shape index (κ3) is 4.70. The van der Waals surface area contributed by atoms with Gasteiger partial charge in [0, 0.05) is 33.2 Å². The van der Waals surface area contributed by atoms with E-state index in [1.807, 2.05) is 0 Å². The van der Waals surface area contributed by atoms with E-state index >= 15 is 0 Å². The Labute approximate surface area is 101 Å². The molecule has 17 heavy (non-hydrogen) atoms. The fourth-order valence-electron chi connectivity index (χ4n) is 1.74. The van der Waals surface area contributed by atoms with Gasteiger partial charge in [-0.2, -0.15) is 0 Å². The summed E-state index contributed by atoms with van der Waals surface area (Å²) in [5, 5.41) is 11.3. The van der Waals surface area contributed by atoms with Crippen LogP contribution in [0.25, 0.3) is 0 Å². The average Bonchev–Trinajstić information content (AvgIpc) is 2.64. The minimum absolute atomic E-state index is 0.0167. The van der Waals surface area contributed by atoms with Crippen LogP contribution >= 0.6 is 0 Å². The van der Waals surface area contributed by atoms with E-state index in [1.54, 1.807) is 11.9 Å². The molecule has 6 nitrogen and oxygen atoms in total. The predicted octanol–water partition coefficient (Wildman–Crippen LogP) is -1.02. The smallest absolute Gasteiger partial charge is 0.225 e. The third-order valence-corrected chi connectivity index (χ3v) is 2.71. The van der Waals surface area contributed by atoms with Crippen LogP contribution in [0.5, 0.6) is 0 Å². The lowest BCUT2D eigenvalue weighted by molar-refractivity contribution is -0.128. The Kier molecular flexibility index (Phi) is 5.93. The summed E-state index contributed by atoms with van der Waals surface area (Å²) in [4.78, 5) is 24.5. The van der Waals surface area contributed by atoms with Crippen molar-refractivity contribution >= 4 is 11.8 Å². The number of ether oxygens (including phenoxy) is 1. The maximum atomic E-state index is 11.7. The zero-order chi connectivity index (χ0) is 12.7. The number of hydrogen-bond acceptors (Lipinski definition) is 4. The average molecular weight is 244 g/mol. The topological polar surface area (TPSA) is 78.9 Å². The van der Waals surface area contributed by atoms with Crippen molar-refractivity contribution < 1.29 is 19.4 Å². The largest absolute Gasteiger partial charge is 0.394 e. The van der Waals surface area contributed by atoms with Crippen LogP contribution in [-0.4, -0.2) is 61.8 Å². The first kappa shape index (κ1) is 13.9. The lowest BCUT2D eigenvalue weighted by Gasteiger charge is -2.10. The standard InChI is InChI=1S/C11H20N2O4/c1-13-8-9(7-10(13)15)11(16)12-3-2-5-17-6-4-14/h9,14H,2-8H2,1H3,(H,12,16). The van der Waals surface area contributed by atoms with Gasteiger partial charge in [0.25, 0.3) is 0 Å². The Bertz CT molecular complexity index is 270. The molecule has 6 heteroatoms. The molecule has 0 aromatic rings. The summed E-state index contributed by atoms with van der Waals surface area (Å²) >= 11 is 0. The number of likely N-dealkylation sites (tertiary alicyclic amines) is 1. The Balaban J connectivity index is 2.07. The van der Waals surface area contributed by atoms with Gasteiger partial charge in [-0.1, -0.05) is 0 Å². The second-order valence-electron chi connectivity index (χ2n) is 4.16. The molecule has 1 heterocycles. The SMILES string of the molecule is CN1CC(C(=O)NCCCOCCO)CC1=O. The van der Waals surface area contributed by atoms with Crippen molar-refractivity contribution in [2.45, 2.75) is 12.8 Å². The molecular weight excluding hydrogens is 224 g/mol. The summed E-state index contributed by atoms with van der Waals surface area (Å²) in [7, 11) is 1.71. The summed E-state index contributed by atoms with van der Waals surface area (Å²) in [6.07, 6.45) is 1.02. The van der Waals surface area contributed by atoms with E-state index in [9.17, 15) is 9.59 Å². The molecule has 1 saturated heterocycles. The molecule has 0 bridgehead atoms. The molecular formula is C11H20N2O4. The van der Waals surface area contributed by atoms with Gasteiger partial charge in [-0.3, -0.25) is 9.59 Å². The van der Waals surface area contributed by atoms with Gasteiger partial charge in [0.05, 0.1) is 19.1 Å². The maximum absolute atomic E-state index is 11.7. The molecule has 1 aliphatic rings. The minimum Gasteiger partial charge on any atom is -0.394 e. The van der Waals surface area contributed by atoms with Crippen molar-refractivity contribution in [2.24, 2.45) is 5.92 Å². The van der Waals surface area contributed by atoms with Crippen LogP contribution in [0.2, 0.25) is 0 Å². The van der Waals surface area contributed by atoms with Crippen LogP contribution < -0.4 is 5.32 Å². The van der Waals surface area contributed by atoms with Crippen molar-refractivity contribution in [3.05, 3.63) is 0 Å². The Morgan fingerprint density at radius 3 is 2.94 bits per heavy atom. The number of rotatable bonds is 7. The number of nitrogens with one attached hydrogen (secondary N) is 1. The van der Waals surface area contributed by atoms with E-state index in [0.29, 0.717) is 39.1 Å². The van der Waals surface area contributed by atoms with Crippen LogP contribution in [0.4, 0.5) is 0 Å². The summed E-state index contributed by atoms with van der Waals surface area (Å²) < 4.78 is 5.06. The number of aliphatic hydroxyl groups is 1. The van der Waals surface area contributed by atoms with Crippen LogP contribution in [0, 0.1) is 5.92 Å². The highest BCUT2D eigenvalue weighted by molar-refractivity contribution is 5.89. The maximum Gasteiger partial charge on any atom is 0.225 e. The first-order valence-electron chi connectivity index (χ1n) is 5.85. The van der Waals surface area contributed by atoms with E-state index in [-0.39, 0.29) is 24.3 Å². The van der Waals surface area contributed by atoms with Gasteiger partial charge >= 0.3 is 0 Å². The van der Waals surface area contributed by atoms with Gasteiger partial charge < -0.3 is 20.1 Å². The number of carbonyl (C=O) groups is 2. The quantitative estimate of drug-likeness (QED) is 0.562. The highest BCUT2D eigenvalue weighted by Crippen LogP contribution is 2.15. The van der Waals surface area contributed by atoms with Gasteiger partial charge in [-0.25, -0.2) is 0 Å². The van der Waals surface area contributed by atoms with Crippen molar-refractivity contribution in [3.63, 3.8) is 0 Å². The molecule has 1 fully saturated rings. The number of hydrogen-bond donors (Lipinski definition) is 2. The molecule has 2 N–H and O–H groups in total. The normalized spacial score (nSPS) is 19.8. The number of nitrogens with zero attached hydrogens (tertiary/aromatic N) is 1. The second-order valence-corrected chi connectivity index (χ2v) is 4.16. The lowest BCUT2D eigenvalue weighted by Crippen LogP contribution is -2.33. The fraction of sp³-hybridized carbons (Fsp3) is 0.818. The first-order valence-corrected chi connectivity index (χ1v) is 5.85. The van der Waals surface area contributed by atoms with Crippen molar-refractivity contribution in [3.8, 4) is 0 Å². The van der Waals surface area contributed by atoms with Crippen LogP contribution in [0.1, 0.15) is 12.8 Å². The van der Waals surface area contributed by atoms with Crippen LogP contribution in [-0.2, 0) is 14.3 Å². The molecule has 0 radical (unpaired) electrons. The molecule has 0 spiro atoms. The summed E-state index contributed by atoms with van der Waals surface area (Å²) in [6, 6.07) is 0. The van der Waals surface area contributed by atoms with E-state index in [1.165, 1.54) is 0 Å². The molecule has 0 saturated carbocycles. The van der Waals surface area contributed by atoms with E-state index in [4.69, 9.17) is 9.84 Å². The van der Waals surface area contributed by atoms with Gasteiger partial charge in [-0.05, 0) is 6.42 Å². The molecule has 0 aromatic heterocycles. The van der Waals surface area contributed by atoms with E-state index in [2.05, 4.69) is 5.32 Å². The zero-order valence-corrected chi connectivity index (χ0v) is 10.1. The predicted molar refractivity (Wildman–Crippen MR) is 61.3 cm³/mol. The highest BCUT2D eigenvalue weighted by atomic mass is 16.5. The first-order chi connectivity index (χ1) is 8.15. The molecule has 1 rings (SSSR count). The molecule has 1 aliphatic heterocycles. The Morgan fingerprint density at radius 2 is 2.35 bits per heavy atom. The number of carbonyl (C=O) groups excluding carboxylic acids is 2. The van der Waals surface area contributed by atoms with E-state index < -0.39 is 0 Å². The molecule has 1 unspecified atom stereocenters. The van der Waals surface area contributed by atoms with Crippen molar-refractivity contribution in [2.75, 3.05) is 40.0 Å². The monoisotopic (exact) mass is 244 g/mol. The van der Waals surface area contributed by atoms with Crippen LogP contribution in [0.15, 0.2) is 0 Å². The molecule has 2 amide bonds. The zero-order valence-electron chi connectivity index (χ0n) is 10.1. The third-order valence-electron chi connectivity index (χ3n) is 2.71. The summed E-state index contributed by atoms with van der Waals surface area (Å²) in [6.45, 7) is 1.91. The van der Waals surface area contributed by atoms with Crippen molar-refractivity contribution in [1.82, 2.24) is 10.2 Å². The second kappa shape index (κ2) is 7.24. The van der Waals surface area contributed by atoms with Gasteiger partial charge in [0.15, 0.2) is 0 Å². The molecule has 0 aliphatic carbocycles. The van der Waals surface area contributed by atoms with Gasteiger partial charge in [-0.15, -0.1) is 0 Å². The molecule has 98 valence electrons. The van der Waals surface area contributed by atoms with E-state index in [0.717, 1.165) is 0 Å². The fourth-order valence-corrected chi connectivity index (χ4v) is 1.74. The Hall–Kier alpha value is -1.14.